The smallest absolute Gasteiger partial charge is 0.266 e. The highest BCUT2D eigenvalue weighted by molar-refractivity contribution is 8.26. The number of carboxylic acid groups (broad SMARTS) is 1. The zero-order valence-corrected chi connectivity index (χ0v) is 14.0. The van der Waals surface area contributed by atoms with Crippen LogP contribution in [0, 0.1) is 0 Å². The van der Waals surface area contributed by atoms with Gasteiger partial charge in [0.25, 0.3) is 5.91 Å². The molecule has 23 heavy (non-hydrogen) atoms. The van der Waals surface area contributed by atoms with Crippen molar-refractivity contribution < 1.29 is 19.4 Å². The normalized spacial score (nSPS) is 21.7. The van der Waals surface area contributed by atoms with E-state index in [4.69, 9.17) is 17.0 Å². The topological polar surface area (TPSA) is 69.7 Å². The Morgan fingerprint density at radius 1 is 1.57 bits per heavy atom. The summed E-state index contributed by atoms with van der Waals surface area (Å²) in [6.07, 6.45) is 2.57. The average Bonchev–Trinajstić information content (AvgIpc) is 2.96. The second-order valence-electron chi connectivity index (χ2n) is 5.46. The predicted molar refractivity (Wildman–Crippen MR) is 89.7 cm³/mol. The van der Waals surface area contributed by atoms with Crippen LogP contribution in [-0.2, 0) is 16.0 Å². The molecule has 120 valence electrons. The highest BCUT2D eigenvalue weighted by atomic mass is 32.2. The number of carboxylic acids is 1. The summed E-state index contributed by atoms with van der Waals surface area (Å²) in [6.45, 7) is 2.06. The van der Waals surface area contributed by atoms with Crippen LogP contribution in [0.4, 0.5) is 0 Å². The standard InChI is InChI=1S/C16H15NO4S2/c1-9-6-11-7-10(2-3-12(11)21-9)8-13-15(20)17(16(22)23-13)5-4-14(18)19/h2-3,7-9H,4-6H2,1H3,(H,18,19)/p-1/b13-8-/t9-/m0/s1. The number of fused-ring (bicyclic) bond motifs is 1. The Morgan fingerprint density at radius 2 is 2.35 bits per heavy atom. The lowest BCUT2D eigenvalue weighted by Crippen LogP contribution is -2.33. The number of hydrogen-bond donors (Lipinski definition) is 0. The summed E-state index contributed by atoms with van der Waals surface area (Å²) < 4.78 is 6.03. The van der Waals surface area contributed by atoms with Crippen molar-refractivity contribution in [2.75, 3.05) is 6.54 Å². The molecule has 5 nitrogen and oxygen atoms in total. The van der Waals surface area contributed by atoms with Gasteiger partial charge in [-0.1, -0.05) is 30.0 Å². The minimum atomic E-state index is -1.20. The van der Waals surface area contributed by atoms with Crippen LogP contribution in [-0.4, -0.2) is 33.7 Å². The molecule has 0 radical (unpaired) electrons. The molecular formula is C16H14NO4S2-. The van der Waals surface area contributed by atoms with Crippen LogP contribution in [0.25, 0.3) is 6.08 Å². The molecule has 1 saturated heterocycles. The Balaban J connectivity index is 1.78. The van der Waals surface area contributed by atoms with E-state index in [2.05, 4.69) is 0 Å². The first-order valence-corrected chi connectivity index (χ1v) is 8.41. The summed E-state index contributed by atoms with van der Waals surface area (Å²) in [7, 11) is 0. The summed E-state index contributed by atoms with van der Waals surface area (Å²) in [5, 5.41) is 10.6. The van der Waals surface area contributed by atoms with Gasteiger partial charge in [-0.25, -0.2) is 0 Å². The summed E-state index contributed by atoms with van der Waals surface area (Å²) in [6, 6.07) is 5.80. The van der Waals surface area contributed by atoms with E-state index in [1.54, 1.807) is 6.08 Å². The number of aliphatic carboxylic acids is 1. The molecule has 1 amide bonds. The van der Waals surface area contributed by atoms with Crippen molar-refractivity contribution in [3.05, 3.63) is 34.2 Å². The minimum absolute atomic E-state index is 0.0416. The van der Waals surface area contributed by atoms with Crippen LogP contribution < -0.4 is 9.84 Å². The van der Waals surface area contributed by atoms with Crippen LogP contribution in [0.2, 0.25) is 0 Å². The van der Waals surface area contributed by atoms with Crippen LogP contribution in [0.3, 0.4) is 0 Å². The first-order chi connectivity index (χ1) is 10.9. The zero-order valence-electron chi connectivity index (χ0n) is 12.4. The van der Waals surface area contributed by atoms with Crippen LogP contribution in [0.5, 0.6) is 5.75 Å². The molecule has 1 fully saturated rings. The van der Waals surface area contributed by atoms with E-state index in [0.29, 0.717) is 9.23 Å². The minimum Gasteiger partial charge on any atom is -0.550 e. The monoisotopic (exact) mass is 348 g/mol. The number of thioether (sulfide) groups is 1. The second kappa shape index (κ2) is 6.33. The Morgan fingerprint density at radius 3 is 3.09 bits per heavy atom. The van der Waals surface area contributed by atoms with E-state index in [1.165, 1.54) is 16.7 Å². The van der Waals surface area contributed by atoms with Crippen molar-refractivity contribution in [1.29, 1.82) is 0 Å². The molecule has 0 aromatic heterocycles. The third-order valence-electron chi connectivity index (χ3n) is 3.63. The lowest BCUT2D eigenvalue weighted by Gasteiger charge is -2.14. The van der Waals surface area contributed by atoms with Gasteiger partial charge in [-0.15, -0.1) is 0 Å². The SMILES string of the molecule is C[C@H]1Cc2cc(/C=C3\SC(=S)N(CCC(=O)[O-])C3=O)ccc2O1. The number of amides is 1. The number of rotatable bonds is 4. The number of hydrogen-bond acceptors (Lipinski definition) is 6. The van der Waals surface area contributed by atoms with Gasteiger partial charge < -0.3 is 14.6 Å². The Labute approximate surface area is 143 Å². The summed E-state index contributed by atoms with van der Waals surface area (Å²) in [4.78, 5) is 24.7. The highest BCUT2D eigenvalue weighted by Gasteiger charge is 2.31. The fourth-order valence-corrected chi connectivity index (χ4v) is 3.89. The molecule has 0 N–H and O–H groups in total. The molecule has 1 aromatic rings. The maximum atomic E-state index is 12.3. The lowest BCUT2D eigenvalue weighted by atomic mass is 10.1. The molecule has 1 aromatic carbocycles. The maximum Gasteiger partial charge on any atom is 0.266 e. The molecule has 2 heterocycles. The molecular weight excluding hydrogens is 334 g/mol. The Hall–Kier alpha value is -1.86. The molecule has 7 heteroatoms. The molecule has 0 unspecified atom stereocenters. The van der Waals surface area contributed by atoms with Gasteiger partial charge in [0.2, 0.25) is 0 Å². The highest BCUT2D eigenvalue weighted by Crippen LogP contribution is 2.34. The van der Waals surface area contributed by atoms with Crippen LogP contribution in [0.1, 0.15) is 24.5 Å². The average molecular weight is 348 g/mol. The van der Waals surface area contributed by atoms with Crippen LogP contribution in [0.15, 0.2) is 23.1 Å². The van der Waals surface area contributed by atoms with E-state index in [9.17, 15) is 14.7 Å². The lowest BCUT2D eigenvalue weighted by molar-refractivity contribution is -0.305. The number of carbonyl (C=O) groups is 2. The van der Waals surface area contributed by atoms with Crippen molar-refractivity contribution in [1.82, 2.24) is 4.90 Å². The molecule has 0 aliphatic carbocycles. The maximum absolute atomic E-state index is 12.3. The summed E-state index contributed by atoms with van der Waals surface area (Å²) in [5.41, 5.74) is 2.03. The van der Waals surface area contributed by atoms with Gasteiger partial charge in [0.1, 0.15) is 16.2 Å². The summed E-state index contributed by atoms with van der Waals surface area (Å²) in [5.74, 6) is -0.571. The molecule has 1 atom stereocenters. The van der Waals surface area contributed by atoms with E-state index in [1.807, 2.05) is 25.1 Å². The number of nitrogens with zero attached hydrogens (tertiary/aromatic N) is 1. The van der Waals surface area contributed by atoms with Gasteiger partial charge in [0, 0.05) is 25.4 Å². The van der Waals surface area contributed by atoms with Gasteiger partial charge in [0.15, 0.2) is 0 Å². The van der Waals surface area contributed by atoms with E-state index in [-0.39, 0.29) is 25.0 Å². The fraction of sp³-hybridized carbons (Fsp3) is 0.312. The Kier molecular flexibility index (Phi) is 4.41. The third-order valence-corrected chi connectivity index (χ3v) is 5.01. The fourth-order valence-electron chi connectivity index (χ4n) is 2.58. The van der Waals surface area contributed by atoms with E-state index < -0.39 is 5.97 Å². The quantitative estimate of drug-likeness (QED) is 0.604. The van der Waals surface area contributed by atoms with Gasteiger partial charge in [0.05, 0.1) is 4.91 Å². The molecule has 0 bridgehead atoms. The van der Waals surface area contributed by atoms with Gasteiger partial charge >= 0.3 is 0 Å². The zero-order chi connectivity index (χ0) is 16.6. The largest absolute Gasteiger partial charge is 0.550 e. The van der Waals surface area contributed by atoms with Gasteiger partial charge in [-0.3, -0.25) is 9.69 Å². The number of benzene rings is 1. The van der Waals surface area contributed by atoms with E-state index in [0.717, 1.165) is 23.3 Å². The van der Waals surface area contributed by atoms with Crippen LogP contribution >= 0.6 is 24.0 Å². The van der Waals surface area contributed by atoms with Crippen molar-refractivity contribution in [2.45, 2.75) is 25.9 Å². The first-order valence-electron chi connectivity index (χ1n) is 7.19. The third kappa shape index (κ3) is 3.40. The first kappa shape index (κ1) is 16.0. The molecule has 0 saturated carbocycles. The molecule has 3 rings (SSSR count). The molecule has 2 aliphatic rings. The predicted octanol–water partition coefficient (Wildman–Crippen LogP) is 1.35. The second-order valence-corrected chi connectivity index (χ2v) is 7.13. The van der Waals surface area contributed by atoms with Crippen molar-refractivity contribution >= 4 is 46.3 Å². The number of thiocarbonyl (C=S) groups is 1. The van der Waals surface area contributed by atoms with Crippen molar-refractivity contribution in [3.63, 3.8) is 0 Å². The number of carbonyl (C=O) groups excluding carboxylic acids is 2. The van der Waals surface area contributed by atoms with Gasteiger partial charge in [-0.2, -0.15) is 0 Å². The molecule has 2 aliphatic heterocycles. The van der Waals surface area contributed by atoms with E-state index >= 15 is 0 Å². The summed E-state index contributed by atoms with van der Waals surface area (Å²) >= 11 is 6.34. The van der Waals surface area contributed by atoms with Crippen molar-refractivity contribution in [2.24, 2.45) is 0 Å². The number of ether oxygens (including phenoxy) is 1. The van der Waals surface area contributed by atoms with Crippen molar-refractivity contribution in [3.8, 4) is 5.75 Å². The molecule has 0 spiro atoms. The Bertz CT molecular complexity index is 729. The van der Waals surface area contributed by atoms with Gasteiger partial charge in [-0.05, 0) is 36.3 Å².